The predicted octanol–water partition coefficient (Wildman–Crippen LogP) is 4.37. The van der Waals surface area contributed by atoms with E-state index in [4.69, 9.17) is 9.15 Å². The maximum absolute atomic E-state index is 13.2. The standard InChI is InChI=1S/C21H21NO4/c1-12(2)20(24)22-21-17(14-8-10-15(25-4)11-9-14)18(23)16-7-5-6-13(3)19(16)26-21/h5-12H,1-4H3,(H,22,24). The molecule has 1 aromatic heterocycles. The molecular weight excluding hydrogens is 330 g/mol. The number of hydrogen-bond acceptors (Lipinski definition) is 4. The number of rotatable bonds is 4. The van der Waals surface area contributed by atoms with Crippen molar-refractivity contribution in [3.63, 3.8) is 0 Å². The highest BCUT2D eigenvalue weighted by molar-refractivity contribution is 5.97. The first-order valence-electron chi connectivity index (χ1n) is 8.44. The maximum atomic E-state index is 13.2. The zero-order valence-electron chi connectivity index (χ0n) is 15.3. The Balaban J connectivity index is 2.28. The number of ether oxygens (including phenoxy) is 1. The number of carbonyl (C=O) groups excluding carboxylic acids is 1. The van der Waals surface area contributed by atoms with Gasteiger partial charge in [-0.2, -0.15) is 0 Å². The number of methoxy groups -OCH3 is 1. The van der Waals surface area contributed by atoms with Gasteiger partial charge < -0.3 is 9.15 Å². The van der Waals surface area contributed by atoms with Crippen LogP contribution in [0.4, 0.5) is 5.88 Å². The largest absolute Gasteiger partial charge is 0.497 e. The van der Waals surface area contributed by atoms with Crippen LogP contribution in [0.25, 0.3) is 22.1 Å². The Morgan fingerprint density at radius 1 is 1.12 bits per heavy atom. The summed E-state index contributed by atoms with van der Waals surface area (Å²) in [7, 11) is 1.58. The van der Waals surface area contributed by atoms with E-state index in [1.165, 1.54) is 0 Å². The molecule has 134 valence electrons. The summed E-state index contributed by atoms with van der Waals surface area (Å²) in [6.07, 6.45) is 0. The van der Waals surface area contributed by atoms with Gasteiger partial charge in [0.05, 0.1) is 18.1 Å². The van der Waals surface area contributed by atoms with E-state index in [-0.39, 0.29) is 23.1 Å². The second-order valence-corrected chi connectivity index (χ2v) is 6.46. The zero-order chi connectivity index (χ0) is 18.8. The van der Waals surface area contributed by atoms with Crippen LogP contribution < -0.4 is 15.5 Å². The fourth-order valence-corrected chi connectivity index (χ4v) is 2.72. The molecule has 0 aliphatic rings. The number of carbonyl (C=O) groups is 1. The molecule has 5 nitrogen and oxygen atoms in total. The Labute approximate surface area is 151 Å². The molecule has 0 radical (unpaired) electrons. The van der Waals surface area contributed by atoms with Crippen molar-refractivity contribution < 1.29 is 13.9 Å². The second-order valence-electron chi connectivity index (χ2n) is 6.46. The molecule has 0 aliphatic carbocycles. The topological polar surface area (TPSA) is 68.5 Å². The number of hydrogen-bond donors (Lipinski definition) is 1. The quantitative estimate of drug-likeness (QED) is 0.758. The van der Waals surface area contributed by atoms with Gasteiger partial charge in [-0.15, -0.1) is 0 Å². The molecule has 2 aromatic carbocycles. The van der Waals surface area contributed by atoms with Gasteiger partial charge in [0.15, 0.2) is 0 Å². The van der Waals surface area contributed by atoms with Crippen LogP contribution in [0.5, 0.6) is 5.75 Å². The van der Waals surface area contributed by atoms with E-state index < -0.39 is 0 Å². The van der Waals surface area contributed by atoms with Gasteiger partial charge in [-0.25, -0.2) is 0 Å². The summed E-state index contributed by atoms with van der Waals surface area (Å²) in [5, 5.41) is 3.24. The molecule has 0 atom stereocenters. The number of anilines is 1. The molecule has 3 rings (SSSR count). The first-order valence-corrected chi connectivity index (χ1v) is 8.44. The van der Waals surface area contributed by atoms with Gasteiger partial charge in [-0.3, -0.25) is 14.9 Å². The van der Waals surface area contributed by atoms with Crippen LogP contribution in [0.15, 0.2) is 51.7 Å². The average Bonchev–Trinajstić information content (AvgIpc) is 2.63. The van der Waals surface area contributed by atoms with E-state index in [1.54, 1.807) is 51.3 Å². The van der Waals surface area contributed by atoms with Crippen molar-refractivity contribution in [2.45, 2.75) is 20.8 Å². The summed E-state index contributed by atoms with van der Waals surface area (Å²) >= 11 is 0. The lowest BCUT2D eigenvalue weighted by Gasteiger charge is -2.13. The second kappa shape index (κ2) is 7.04. The number of amides is 1. The van der Waals surface area contributed by atoms with E-state index in [0.29, 0.717) is 27.8 Å². The fourth-order valence-electron chi connectivity index (χ4n) is 2.72. The van der Waals surface area contributed by atoms with E-state index >= 15 is 0 Å². The molecule has 0 bridgehead atoms. The van der Waals surface area contributed by atoms with Crippen molar-refractivity contribution >= 4 is 22.8 Å². The van der Waals surface area contributed by atoms with Crippen molar-refractivity contribution in [3.05, 3.63) is 58.3 Å². The van der Waals surface area contributed by atoms with Crippen LogP contribution in [0.1, 0.15) is 19.4 Å². The van der Waals surface area contributed by atoms with Crippen molar-refractivity contribution in [2.24, 2.45) is 5.92 Å². The lowest BCUT2D eigenvalue weighted by atomic mass is 10.0. The third kappa shape index (κ3) is 3.20. The van der Waals surface area contributed by atoms with E-state index in [1.807, 2.05) is 19.1 Å². The smallest absolute Gasteiger partial charge is 0.229 e. The van der Waals surface area contributed by atoms with Gasteiger partial charge in [-0.05, 0) is 36.2 Å². The molecule has 0 saturated carbocycles. The predicted molar refractivity (Wildman–Crippen MR) is 103 cm³/mol. The molecule has 0 spiro atoms. The third-order valence-electron chi connectivity index (χ3n) is 4.25. The lowest BCUT2D eigenvalue weighted by Crippen LogP contribution is -2.20. The number of aryl methyl sites for hydroxylation is 1. The highest BCUT2D eigenvalue weighted by Gasteiger charge is 2.20. The van der Waals surface area contributed by atoms with Crippen LogP contribution in [0, 0.1) is 12.8 Å². The molecule has 0 unspecified atom stereocenters. The van der Waals surface area contributed by atoms with Crippen molar-refractivity contribution in [2.75, 3.05) is 12.4 Å². The van der Waals surface area contributed by atoms with Crippen LogP contribution in [-0.4, -0.2) is 13.0 Å². The molecule has 3 aromatic rings. The highest BCUT2D eigenvalue weighted by Crippen LogP contribution is 2.31. The minimum absolute atomic E-state index is 0.167. The molecule has 0 saturated heterocycles. The molecule has 0 aliphatic heterocycles. The van der Waals surface area contributed by atoms with E-state index in [2.05, 4.69) is 5.32 Å². The molecule has 1 N–H and O–H groups in total. The van der Waals surface area contributed by atoms with Crippen LogP contribution in [0.3, 0.4) is 0 Å². The molecule has 1 amide bonds. The number of nitrogens with one attached hydrogen (secondary N) is 1. The minimum atomic E-state index is -0.239. The van der Waals surface area contributed by atoms with Crippen LogP contribution >= 0.6 is 0 Å². The minimum Gasteiger partial charge on any atom is -0.497 e. The Kier molecular flexibility index (Phi) is 4.80. The number of fused-ring (bicyclic) bond motifs is 1. The third-order valence-corrected chi connectivity index (χ3v) is 4.25. The average molecular weight is 351 g/mol. The Hall–Kier alpha value is -3.08. The zero-order valence-corrected chi connectivity index (χ0v) is 15.3. The molecule has 0 fully saturated rings. The van der Waals surface area contributed by atoms with E-state index in [9.17, 15) is 9.59 Å². The van der Waals surface area contributed by atoms with Gasteiger partial charge in [0.25, 0.3) is 0 Å². The summed E-state index contributed by atoms with van der Waals surface area (Å²) in [5.74, 6) is 0.399. The summed E-state index contributed by atoms with van der Waals surface area (Å²) in [5.41, 5.74) is 2.12. The number of para-hydroxylation sites is 1. The maximum Gasteiger partial charge on any atom is 0.229 e. The molecule has 26 heavy (non-hydrogen) atoms. The summed E-state index contributed by atoms with van der Waals surface area (Å²) in [6, 6.07) is 12.5. The van der Waals surface area contributed by atoms with Gasteiger partial charge in [0.2, 0.25) is 17.2 Å². The SMILES string of the molecule is COc1ccc(-c2c(NC(=O)C(C)C)oc3c(C)cccc3c2=O)cc1. The normalized spacial score (nSPS) is 11.0. The van der Waals surface area contributed by atoms with Gasteiger partial charge in [0, 0.05) is 5.92 Å². The summed E-state index contributed by atoms with van der Waals surface area (Å²) in [6.45, 7) is 5.44. The first-order chi connectivity index (χ1) is 12.4. The number of benzene rings is 2. The van der Waals surface area contributed by atoms with Crippen molar-refractivity contribution in [1.82, 2.24) is 0 Å². The Bertz CT molecular complexity index is 1020. The first kappa shape index (κ1) is 17.7. The molecule has 1 heterocycles. The summed E-state index contributed by atoms with van der Waals surface area (Å²) < 4.78 is 11.1. The monoisotopic (exact) mass is 351 g/mol. The Morgan fingerprint density at radius 3 is 2.42 bits per heavy atom. The van der Waals surface area contributed by atoms with Crippen molar-refractivity contribution in [3.8, 4) is 16.9 Å². The van der Waals surface area contributed by atoms with E-state index in [0.717, 1.165) is 5.56 Å². The fraction of sp³-hybridized carbons (Fsp3) is 0.238. The van der Waals surface area contributed by atoms with Gasteiger partial charge in [0.1, 0.15) is 11.3 Å². The van der Waals surface area contributed by atoms with Gasteiger partial charge >= 0.3 is 0 Å². The Morgan fingerprint density at radius 2 is 1.81 bits per heavy atom. The van der Waals surface area contributed by atoms with Gasteiger partial charge in [-0.1, -0.05) is 38.1 Å². The molecule has 5 heteroatoms. The van der Waals surface area contributed by atoms with Crippen molar-refractivity contribution in [1.29, 1.82) is 0 Å². The lowest BCUT2D eigenvalue weighted by molar-refractivity contribution is -0.119. The summed E-state index contributed by atoms with van der Waals surface area (Å²) in [4.78, 5) is 25.4. The van der Waals surface area contributed by atoms with Crippen LogP contribution in [-0.2, 0) is 4.79 Å². The van der Waals surface area contributed by atoms with Crippen LogP contribution in [0.2, 0.25) is 0 Å². The molecular formula is C21H21NO4. The highest BCUT2D eigenvalue weighted by atomic mass is 16.5.